The molecule has 3 rings (SSSR count). The third-order valence-corrected chi connectivity index (χ3v) is 5.03. The summed E-state index contributed by atoms with van der Waals surface area (Å²) in [6.07, 6.45) is 4.26. The van der Waals surface area contributed by atoms with E-state index in [4.69, 9.17) is 4.74 Å². The molecule has 1 N–H and O–H groups in total. The molecule has 0 aromatic heterocycles. The lowest BCUT2D eigenvalue weighted by Gasteiger charge is -2.43. The van der Waals surface area contributed by atoms with Crippen molar-refractivity contribution in [2.45, 2.75) is 83.5 Å². The summed E-state index contributed by atoms with van der Waals surface area (Å²) >= 11 is 0. The monoisotopic (exact) mass is 294 g/mol. The van der Waals surface area contributed by atoms with E-state index < -0.39 is 5.60 Å². The lowest BCUT2D eigenvalue weighted by molar-refractivity contribution is -0.131. The molecule has 0 aliphatic carbocycles. The van der Waals surface area contributed by atoms with Crippen molar-refractivity contribution in [1.82, 2.24) is 10.2 Å². The van der Waals surface area contributed by atoms with Gasteiger partial charge in [0.15, 0.2) is 0 Å². The standard InChI is InChI=1S/C16H26N2O3/c1-10-7-16(13(19)17-10)8-11-5-6-12(9-16)18(11)14(20)21-15(2,3)4/h10-12H,5-9H2,1-4H3,(H,17,19)/t10?,11-,12+,16+. The van der Waals surface area contributed by atoms with E-state index in [9.17, 15) is 9.59 Å². The van der Waals surface area contributed by atoms with Crippen LogP contribution < -0.4 is 5.32 Å². The number of ether oxygens (including phenoxy) is 1. The van der Waals surface area contributed by atoms with Crippen LogP contribution in [0.4, 0.5) is 4.79 Å². The zero-order valence-electron chi connectivity index (χ0n) is 13.4. The average Bonchev–Trinajstić information content (AvgIpc) is 2.73. The van der Waals surface area contributed by atoms with Crippen LogP contribution in [-0.4, -0.2) is 40.6 Å². The Labute approximate surface area is 126 Å². The Hall–Kier alpha value is -1.26. The highest BCUT2D eigenvalue weighted by molar-refractivity contribution is 5.86. The normalized spacial score (nSPS) is 38.8. The van der Waals surface area contributed by atoms with Gasteiger partial charge in [-0.25, -0.2) is 4.79 Å². The van der Waals surface area contributed by atoms with Gasteiger partial charge in [0.1, 0.15) is 5.60 Å². The van der Waals surface area contributed by atoms with E-state index >= 15 is 0 Å². The number of piperidine rings is 1. The van der Waals surface area contributed by atoms with Crippen LogP contribution in [0.1, 0.15) is 59.8 Å². The predicted octanol–water partition coefficient (Wildman–Crippen LogP) is 2.44. The van der Waals surface area contributed by atoms with E-state index in [0.717, 1.165) is 32.1 Å². The molecule has 3 saturated heterocycles. The number of nitrogens with one attached hydrogen (secondary N) is 1. The van der Waals surface area contributed by atoms with Crippen molar-refractivity contribution in [3.63, 3.8) is 0 Å². The Bertz CT molecular complexity index is 455. The Balaban J connectivity index is 1.76. The van der Waals surface area contributed by atoms with Gasteiger partial charge in [-0.05, 0) is 59.8 Å². The van der Waals surface area contributed by atoms with E-state index in [-0.39, 0.29) is 35.5 Å². The van der Waals surface area contributed by atoms with Gasteiger partial charge in [-0.2, -0.15) is 0 Å². The lowest BCUT2D eigenvalue weighted by Crippen LogP contribution is -2.53. The van der Waals surface area contributed by atoms with Crippen molar-refractivity contribution in [1.29, 1.82) is 0 Å². The smallest absolute Gasteiger partial charge is 0.410 e. The number of amides is 2. The van der Waals surface area contributed by atoms with Gasteiger partial charge in [-0.15, -0.1) is 0 Å². The molecule has 0 aromatic carbocycles. The molecular formula is C16H26N2O3. The molecule has 0 radical (unpaired) electrons. The van der Waals surface area contributed by atoms with Crippen LogP contribution >= 0.6 is 0 Å². The molecule has 5 heteroatoms. The number of hydrogen-bond donors (Lipinski definition) is 1. The molecule has 0 saturated carbocycles. The van der Waals surface area contributed by atoms with Crippen LogP contribution in [0.15, 0.2) is 0 Å². The first kappa shape index (κ1) is 14.7. The van der Waals surface area contributed by atoms with Crippen LogP contribution in [0.5, 0.6) is 0 Å². The summed E-state index contributed by atoms with van der Waals surface area (Å²) in [4.78, 5) is 26.7. The Kier molecular flexibility index (Phi) is 3.22. The van der Waals surface area contributed by atoms with Crippen LogP contribution in [0.2, 0.25) is 0 Å². The van der Waals surface area contributed by atoms with E-state index in [0.29, 0.717) is 0 Å². The first-order valence-electron chi connectivity index (χ1n) is 8.02. The van der Waals surface area contributed by atoms with Gasteiger partial charge < -0.3 is 15.0 Å². The summed E-state index contributed by atoms with van der Waals surface area (Å²) in [5, 5.41) is 3.05. The molecule has 2 bridgehead atoms. The van der Waals surface area contributed by atoms with Gasteiger partial charge in [-0.1, -0.05) is 0 Å². The molecule has 4 atom stereocenters. The van der Waals surface area contributed by atoms with Crippen molar-refractivity contribution < 1.29 is 14.3 Å². The first-order valence-corrected chi connectivity index (χ1v) is 8.02. The highest BCUT2D eigenvalue weighted by Gasteiger charge is 2.56. The van der Waals surface area contributed by atoms with E-state index in [1.54, 1.807) is 0 Å². The van der Waals surface area contributed by atoms with Crippen LogP contribution in [0.3, 0.4) is 0 Å². The number of nitrogens with zero attached hydrogens (tertiary/aromatic N) is 1. The van der Waals surface area contributed by atoms with Crippen molar-refractivity contribution in [3.8, 4) is 0 Å². The number of carbonyl (C=O) groups excluding carboxylic acids is 2. The van der Waals surface area contributed by atoms with Gasteiger partial charge in [0.2, 0.25) is 5.91 Å². The molecule has 3 aliphatic rings. The molecule has 2 amide bonds. The molecular weight excluding hydrogens is 268 g/mol. The molecule has 3 heterocycles. The molecule has 21 heavy (non-hydrogen) atoms. The van der Waals surface area contributed by atoms with Gasteiger partial charge >= 0.3 is 6.09 Å². The minimum absolute atomic E-state index is 0.162. The summed E-state index contributed by atoms with van der Waals surface area (Å²) in [6.45, 7) is 7.74. The molecule has 3 aliphatic heterocycles. The third-order valence-electron chi connectivity index (χ3n) is 5.03. The Morgan fingerprint density at radius 1 is 1.24 bits per heavy atom. The SMILES string of the molecule is CC1C[C@@]2(C[C@H]3CC[C@@H](C2)N3C(=O)OC(C)(C)C)C(=O)N1. The van der Waals surface area contributed by atoms with Gasteiger partial charge in [0, 0.05) is 18.1 Å². The highest BCUT2D eigenvalue weighted by atomic mass is 16.6. The van der Waals surface area contributed by atoms with Crippen molar-refractivity contribution in [2.75, 3.05) is 0 Å². The molecule has 3 fully saturated rings. The van der Waals surface area contributed by atoms with Crippen molar-refractivity contribution in [2.24, 2.45) is 5.41 Å². The number of hydrogen-bond acceptors (Lipinski definition) is 3. The van der Waals surface area contributed by atoms with Gasteiger partial charge in [-0.3, -0.25) is 4.79 Å². The van der Waals surface area contributed by atoms with Crippen molar-refractivity contribution in [3.05, 3.63) is 0 Å². The maximum Gasteiger partial charge on any atom is 0.410 e. The van der Waals surface area contributed by atoms with Crippen LogP contribution in [0, 0.1) is 5.41 Å². The Morgan fingerprint density at radius 2 is 1.81 bits per heavy atom. The summed E-state index contributed by atoms with van der Waals surface area (Å²) in [6, 6.07) is 0.578. The van der Waals surface area contributed by atoms with E-state index in [2.05, 4.69) is 12.2 Å². The topological polar surface area (TPSA) is 58.6 Å². The number of carbonyl (C=O) groups is 2. The largest absolute Gasteiger partial charge is 0.444 e. The van der Waals surface area contributed by atoms with Gasteiger partial charge in [0.25, 0.3) is 0 Å². The van der Waals surface area contributed by atoms with Crippen molar-refractivity contribution >= 4 is 12.0 Å². The summed E-state index contributed by atoms with van der Waals surface area (Å²) in [7, 11) is 0. The molecule has 1 spiro atoms. The summed E-state index contributed by atoms with van der Waals surface area (Å²) in [5.74, 6) is 0.190. The number of rotatable bonds is 0. The molecule has 5 nitrogen and oxygen atoms in total. The molecule has 0 aromatic rings. The third kappa shape index (κ3) is 2.51. The number of fused-ring (bicyclic) bond motifs is 2. The molecule has 118 valence electrons. The van der Waals surface area contributed by atoms with Crippen LogP contribution in [-0.2, 0) is 9.53 Å². The minimum atomic E-state index is -0.467. The van der Waals surface area contributed by atoms with E-state index in [1.165, 1.54) is 0 Å². The highest BCUT2D eigenvalue weighted by Crippen LogP contribution is 2.50. The average molecular weight is 294 g/mol. The zero-order chi connectivity index (χ0) is 15.4. The second-order valence-corrected chi connectivity index (χ2v) is 8.04. The second-order valence-electron chi connectivity index (χ2n) is 8.04. The maximum atomic E-state index is 12.4. The summed E-state index contributed by atoms with van der Waals surface area (Å²) in [5.41, 5.74) is -0.714. The fourth-order valence-electron chi connectivity index (χ4n) is 4.42. The lowest BCUT2D eigenvalue weighted by atomic mass is 9.73. The predicted molar refractivity (Wildman–Crippen MR) is 78.8 cm³/mol. The fraction of sp³-hybridized carbons (Fsp3) is 0.875. The quantitative estimate of drug-likeness (QED) is 0.746. The minimum Gasteiger partial charge on any atom is -0.444 e. The first-order chi connectivity index (χ1) is 9.70. The van der Waals surface area contributed by atoms with Gasteiger partial charge in [0.05, 0.1) is 5.41 Å². The fourth-order valence-corrected chi connectivity index (χ4v) is 4.42. The second kappa shape index (κ2) is 4.62. The summed E-state index contributed by atoms with van der Waals surface area (Å²) < 4.78 is 5.54. The van der Waals surface area contributed by atoms with Crippen LogP contribution in [0.25, 0.3) is 0 Å². The zero-order valence-corrected chi connectivity index (χ0v) is 13.4. The Morgan fingerprint density at radius 3 is 2.24 bits per heavy atom. The molecule has 1 unspecified atom stereocenters. The maximum absolute atomic E-state index is 12.4. The van der Waals surface area contributed by atoms with E-state index in [1.807, 2.05) is 25.7 Å².